The summed E-state index contributed by atoms with van der Waals surface area (Å²) in [6.07, 6.45) is 0.720. The fraction of sp³-hybridized carbons (Fsp3) is 0.533. The van der Waals surface area contributed by atoms with Crippen molar-refractivity contribution in [3.8, 4) is 0 Å². The molecule has 1 N–H and O–H groups in total. The molecular formula is C15H22ClNO2S. The third-order valence-corrected chi connectivity index (χ3v) is 4.62. The number of nitrogens with one attached hydrogen (secondary N) is 1. The number of carbonyl (C=O) groups excluding carboxylic acids is 1. The number of thioether (sulfide) groups is 1. The standard InChI is InChI=1S/C15H22ClNO2S/c1-4-19-14(18)15(2,17-3)9-10-20-11-12-7-5-6-8-13(12)16/h5-8,17H,4,9-11H2,1-3H3. The highest BCUT2D eigenvalue weighted by molar-refractivity contribution is 7.98. The lowest BCUT2D eigenvalue weighted by Gasteiger charge is -2.26. The second-order valence-corrected chi connectivity index (χ2v) is 6.21. The monoisotopic (exact) mass is 315 g/mol. The first-order valence-electron chi connectivity index (χ1n) is 6.70. The Bertz CT molecular complexity index is 442. The highest BCUT2D eigenvalue weighted by atomic mass is 35.5. The molecule has 0 spiro atoms. The topological polar surface area (TPSA) is 38.3 Å². The molecule has 0 bridgehead atoms. The van der Waals surface area contributed by atoms with Crippen LogP contribution in [0.5, 0.6) is 0 Å². The maximum atomic E-state index is 11.9. The number of hydrogen-bond donors (Lipinski definition) is 1. The maximum absolute atomic E-state index is 11.9. The van der Waals surface area contributed by atoms with Crippen molar-refractivity contribution in [2.45, 2.75) is 31.6 Å². The lowest BCUT2D eigenvalue weighted by atomic mass is 10.00. The molecule has 1 atom stereocenters. The van der Waals surface area contributed by atoms with Gasteiger partial charge >= 0.3 is 5.97 Å². The number of benzene rings is 1. The van der Waals surface area contributed by atoms with Crippen LogP contribution in [0.4, 0.5) is 0 Å². The van der Waals surface area contributed by atoms with Crippen molar-refractivity contribution in [3.63, 3.8) is 0 Å². The van der Waals surface area contributed by atoms with Gasteiger partial charge < -0.3 is 10.1 Å². The second kappa shape index (κ2) is 8.55. The second-order valence-electron chi connectivity index (χ2n) is 4.70. The van der Waals surface area contributed by atoms with Gasteiger partial charge in [0.2, 0.25) is 0 Å². The summed E-state index contributed by atoms with van der Waals surface area (Å²) >= 11 is 7.88. The summed E-state index contributed by atoms with van der Waals surface area (Å²) in [5.74, 6) is 1.52. The Hall–Kier alpha value is -0.710. The fourth-order valence-corrected chi connectivity index (χ4v) is 3.14. The highest BCUT2D eigenvalue weighted by Gasteiger charge is 2.32. The van der Waals surface area contributed by atoms with E-state index in [9.17, 15) is 4.79 Å². The van der Waals surface area contributed by atoms with Crippen molar-refractivity contribution in [1.82, 2.24) is 5.32 Å². The van der Waals surface area contributed by atoms with Gasteiger partial charge in [-0.05, 0) is 44.7 Å². The zero-order valence-electron chi connectivity index (χ0n) is 12.2. The number of ether oxygens (including phenoxy) is 1. The molecule has 0 aromatic heterocycles. The molecule has 20 heavy (non-hydrogen) atoms. The van der Waals surface area contributed by atoms with Gasteiger partial charge in [-0.2, -0.15) is 11.8 Å². The third kappa shape index (κ3) is 5.00. The van der Waals surface area contributed by atoms with E-state index in [0.29, 0.717) is 6.61 Å². The largest absolute Gasteiger partial charge is 0.465 e. The van der Waals surface area contributed by atoms with Crippen molar-refractivity contribution in [2.75, 3.05) is 19.4 Å². The first-order valence-corrected chi connectivity index (χ1v) is 8.24. The predicted molar refractivity (Wildman–Crippen MR) is 86.3 cm³/mol. The molecule has 0 amide bonds. The Morgan fingerprint density at radius 2 is 2.15 bits per heavy atom. The summed E-state index contributed by atoms with van der Waals surface area (Å²) in [6, 6.07) is 7.83. The quantitative estimate of drug-likeness (QED) is 0.588. The minimum absolute atomic E-state index is 0.194. The number of esters is 1. The lowest BCUT2D eigenvalue weighted by molar-refractivity contribution is -0.150. The Morgan fingerprint density at radius 1 is 1.45 bits per heavy atom. The van der Waals surface area contributed by atoms with Gasteiger partial charge in [0.1, 0.15) is 5.54 Å². The van der Waals surface area contributed by atoms with E-state index in [1.54, 1.807) is 18.8 Å². The van der Waals surface area contributed by atoms with Crippen LogP contribution in [0.1, 0.15) is 25.8 Å². The van der Waals surface area contributed by atoms with E-state index in [1.807, 2.05) is 38.1 Å². The molecule has 1 aromatic rings. The molecule has 3 nitrogen and oxygen atoms in total. The summed E-state index contributed by atoms with van der Waals surface area (Å²) < 4.78 is 5.10. The van der Waals surface area contributed by atoms with E-state index >= 15 is 0 Å². The average Bonchev–Trinajstić information content (AvgIpc) is 2.45. The van der Waals surface area contributed by atoms with Crippen LogP contribution in [0.3, 0.4) is 0 Å². The number of halogens is 1. The zero-order valence-corrected chi connectivity index (χ0v) is 13.8. The van der Waals surface area contributed by atoms with Crippen LogP contribution in [0, 0.1) is 0 Å². The summed E-state index contributed by atoms with van der Waals surface area (Å²) in [5.41, 5.74) is 0.505. The molecule has 0 heterocycles. The van der Waals surface area contributed by atoms with E-state index < -0.39 is 5.54 Å². The zero-order chi connectivity index (χ0) is 15.0. The Morgan fingerprint density at radius 3 is 2.75 bits per heavy atom. The van der Waals surface area contributed by atoms with Crippen molar-refractivity contribution in [2.24, 2.45) is 0 Å². The Kier molecular flexibility index (Phi) is 7.41. The van der Waals surface area contributed by atoms with Crippen molar-refractivity contribution in [1.29, 1.82) is 0 Å². The van der Waals surface area contributed by atoms with Gasteiger partial charge in [-0.15, -0.1) is 0 Å². The third-order valence-electron chi connectivity index (χ3n) is 3.24. The SMILES string of the molecule is CCOC(=O)C(C)(CCSCc1ccccc1Cl)NC. The van der Waals surface area contributed by atoms with E-state index in [2.05, 4.69) is 5.32 Å². The maximum Gasteiger partial charge on any atom is 0.326 e. The van der Waals surface area contributed by atoms with Gasteiger partial charge in [-0.1, -0.05) is 29.8 Å². The smallest absolute Gasteiger partial charge is 0.326 e. The lowest BCUT2D eigenvalue weighted by Crippen LogP contribution is -2.49. The molecule has 0 aliphatic carbocycles. The van der Waals surface area contributed by atoms with Gasteiger partial charge in [0, 0.05) is 10.8 Å². The van der Waals surface area contributed by atoms with Gasteiger partial charge in [0.15, 0.2) is 0 Å². The van der Waals surface area contributed by atoms with Crippen LogP contribution in [-0.2, 0) is 15.3 Å². The minimum atomic E-state index is -0.622. The molecule has 0 aliphatic rings. The summed E-state index contributed by atoms with van der Waals surface area (Å²) in [6.45, 7) is 4.10. The Labute approximate surface area is 130 Å². The summed E-state index contributed by atoms with van der Waals surface area (Å²) in [7, 11) is 1.79. The van der Waals surface area contributed by atoms with Gasteiger partial charge in [-0.3, -0.25) is 4.79 Å². The number of likely N-dealkylation sites (N-methyl/N-ethyl adjacent to an activating group) is 1. The summed E-state index contributed by atoms with van der Waals surface area (Å²) in [5, 5.41) is 3.85. The normalized spacial score (nSPS) is 13.8. The van der Waals surface area contributed by atoms with Gasteiger partial charge in [0.25, 0.3) is 0 Å². The molecule has 1 unspecified atom stereocenters. The molecule has 1 aromatic carbocycles. The van der Waals surface area contributed by atoms with Crippen LogP contribution in [0.25, 0.3) is 0 Å². The highest BCUT2D eigenvalue weighted by Crippen LogP contribution is 2.23. The van der Waals surface area contributed by atoms with E-state index in [0.717, 1.165) is 28.5 Å². The average molecular weight is 316 g/mol. The van der Waals surface area contributed by atoms with Crippen LogP contribution in [0.15, 0.2) is 24.3 Å². The first kappa shape index (κ1) is 17.3. The molecule has 1 rings (SSSR count). The molecule has 5 heteroatoms. The predicted octanol–water partition coefficient (Wildman–Crippen LogP) is 3.50. The minimum Gasteiger partial charge on any atom is -0.465 e. The van der Waals surface area contributed by atoms with Crippen LogP contribution in [-0.4, -0.2) is 30.9 Å². The van der Waals surface area contributed by atoms with E-state index in [-0.39, 0.29) is 5.97 Å². The number of carbonyl (C=O) groups is 1. The molecule has 0 saturated carbocycles. The summed E-state index contributed by atoms with van der Waals surface area (Å²) in [4.78, 5) is 11.9. The van der Waals surface area contributed by atoms with E-state index in [1.165, 1.54) is 0 Å². The van der Waals surface area contributed by atoms with E-state index in [4.69, 9.17) is 16.3 Å². The molecule has 0 radical (unpaired) electrons. The number of rotatable bonds is 8. The van der Waals surface area contributed by atoms with Crippen molar-refractivity contribution < 1.29 is 9.53 Å². The van der Waals surface area contributed by atoms with Gasteiger partial charge in [0.05, 0.1) is 6.61 Å². The number of hydrogen-bond acceptors (Lipinski definition) is 4. The first-order chi connectivity index (χ1) is 9.53. The van der Waals surface area contributed by atoms with Crippen LogP contribution >= 0.6 is 23.4 Å². The fourth-order valence-electron chi connectivity index (χ4n) is 1.69. The van der Waals surface area contributed by atoms with Crippen LogP contribution < -0.4 is 5.32 Å². The molecular weight excluding hydrogens is 294 g/mol. The van der Waals surface area contributed by atoms with Gasteiger partial charge in [-0.25, -0.2) is 0 Å². The van der Waals surface area contributed by atoms with Crippen molar-refractivity contribution >= 4 is 29.3 Å². The van der Waals surface area contributed by atoms with Crippen molar-refractivity contribution in [3.05, 3.63) is 34.9 Å². The van der Waals surface area contributed by atoms with Crippen LogP contribution in [0.2, 0.25) is 5.02 Å². The molecule has 0 aliphatic heterocycles. The Balaban J connectivity index is 2.42. The molecule has 112 valence electrons. The molecule has 0 fully saturated rings. The molecule has 0 saturated heterocycles.